The maximum absolute atomic E-state index is 11.6. The van der Waals surface area contributed by atoms with Gasteiger partial charge in [-0.15, -0.1) is 11.3 Å². The first-order chi connectivity index (χ1) is 9.93. The van der Waals surface area contributed by atoms with Crippen molar-refractivity contribution in [2.45, 2.75) is 6.92 Å². The van der Waals surface area contributed by atoms with E-state index < -0.39 is 10.9 Å². The first-order valence-electron chi connectivity index (χ1n) is 5.79. The Kier molecular flexibility index (Phi) is 4.08. The van der Waals surface area contributed by atoms with Gasteiger partial charge in [0.05, 0.1) is 12.0 Å². The minimum Gasteiger partial charge on any atom is -0.464 e. The molecule has 1 aromatic carbocycles. The molecule has 0 aliphatic rings. The zero-order valence-electron chi connectivity index (χ0n) is 11.2. The number of hydrogen-bond acceptors (Lipinski definition) is 7. The SMILES string of the molecule is COC(=O)c1nc(-c2ccc([N+](=O)[O-])cc2)sc1C(C)=O. The summed E-state index contributed by atoms with van der Waals surface area (Å²) in [5, 5.41) is 11.0. The average Bonchev–Trinajstić information content (AvgIpc) is 2.92. The van der Waals surface area contributed by atoms with Crippen LogP contribution in [0, 0.1) is 10.1 Å². The highest BCUT2D eigenvalue weighted by Gasteiger charge is 2.22. The molecule has 1 heterocycles. The quantitative estimate of drug-likeness (QED) is 0.372. The minimum atomic E-state index is -0.690. The van der Waals surface area contributed by atoms with Crippen LogP contribution in [-0.2, 0) is 4.74 Å². The molecule has 0 atom stereocenters. The second-order valence-corrected chi connectivity index (χ2v) is 5.05. The Hall–Kier alpha value is -2.61. The number of ether oxygens (including phenoxy) is 1. The molecule has 2 aromatic rings. The first-order valence-corrected chi connectivity index (χ1v) is 6.60. The molecular weight excluding hydrogens is 296 g/mol. The number of carbonyl (C=O) groups excluding carboxylic acids is 2. The van der Waals surface area contributed by atoms with Gasteiger partial charge in [0, 0.05) is 24.6 Å². The maximum Gasteiger partial charge on any atom is 0.358 e. The number of nitro groups is 1. The van der Waals surface area contributed by atoms with E-state index in [4.69, 9.17) is 0 Å². The average molecular weight is 306 g/mol. The topological polar surface area (TPSA) is 99.4 Å². The molecule has 1 aromatic heterocycles. The van der Waals surface area contributed by atoms with Gasteiger partial charge in [-0.1, -0.05) is 0 Å². The van der Waals surface area contributed by atoms with Gasteiger partial charge in [0.25, 0.3) is 5.69 Å². The van der Waals surface area contributed by atoms with Gasteiger partial charge >= 0.3 is 5.97 Å². The molecule has 0 unspecified atom stereocenters. The van der Waals surface area contributed by atoms with Crippen LogP contribution >= 0.6 is 11.3 Å². The number of non-ortho nitro benzene ring substituents is 1. The number of benzene rings is 1. The van der Waals surface area contributed by atoms with Crippen molar-refractivity contribution < 1.29 is 19.2 Å². The molecule has 0 saturated carbocycles. The van der Waals surface area contributed by atoms with Crippen LogP contribution in [0.3, 0.4) is 0 Å². The zero-order valence-corrected chi connectivity index (χ0v) is 12.0. The first kappa shape index (κ1) is 14.8. The third kappa shape index (κ3) is 2.95. The Labute approximate surface area is 123 Å². The normalized spacial score (nSPS) is 10.2. The van der Waals surface area contributed by atoms with Crippen molar-refractivity contribution >= 4 is 28.8 Å². The molecule has 0 amide bonds. The van der Waals surface area contributed by atoms with Gasteiger partial charge < -0.3 is 4.74 Å². The van der Waals surface area contributed by atoms with E-state index in [0.717, 1.165) is 11.3 Å². The minimum absolute atomic E-state index is 0.0386. The standard InChI is InChI=1S/C13H10N2O5S/c1-7(16)11-10(13(17)20-2)14-12(21-11)8-3-5-9(6-4-8)15(18)19/h3-6H,1-2H3. The molecule has 0 radical (unpaired) electrons. The third-order valence-corrected chi connectivity index (χ3v) is 3.86. The molecule has 8 heteroatoms. The molecule has 21 heavy (non-hydrogen) atoms. The van der Waals surface area contributed by atoms with Crippen molar-refractivity contribution in [3.05, 3.63) is 45.0 Å². The van der Waals surface area contributed by atoms with Crippen molar-refractivity contribution in [2.75, 3.05) is 7.11 Å². The summed E-state index contributed by atoms with van der Waals surface area (Å²) >= 11 is 1.05. The molecule has 108 valence electrons. The van der Waals surface area contributed by atoms with Gasteiger partial charge in [-0.3, -0.25) is 14.9 Å². The number of ketones is 1. The lowest BCUT2D eigenvalue weighted by Crippen LogP contribution is -2.06. The van der Waals surface area contributed by atoms with Crippen molar-refractivity contribution in [2.24, 2.45) is 0 Å². The smallest absolute Gasteiger partial charge is 0.358 e. The largest absolute Gasteiger partial charge is 0.464 e. The van der Waals surface area contributed by atoms with Crippen molar-refractivity contribution in [3.63, 3.8) is 0 Å². The molecule has 2 rings (SSSR count). The number of rotatable bonds is 4. The van der Waals surface area contributed by atoms with E-state index in [1.807, 2.05) is 0 Å². The highest BCUT2D eigenvalue weighted by Crippen LogP contribution is 2.30. The summed E-state index contributed by atoms with van der Waals surface area (Å²) in [5.41, 5.74) is 0.502. The molecule has 0 fully saturated rings. The van der Waals surface area contributed by atoms with Crippen LogP contribution in [0.1, 0.15) is 27.1 Å². The van der Waals surface area contributed by atoms with Crippen LogP contribution in [0.15, 0.2) is 24.3 Å². The Morgan fingerprint density at radius 3 is 2.38 bits per heavy atom. The summed E-state index contributed by atoms with van der Waals surface area (Å²) < 4.78 is 4.59. The second kappa shape index (κ2) is 5.80. The number of thiazole rings is 1. The van der Waals surface area contributed by atoms with Gasteiger partial charge in [0.1, 0.15) is 9.88 Å². The predicted molar refractivity (Wildman–Crippen MR) is 75.5 cm³/mol. The Balaban J connectivity index is 2.47. The maximum atomic E-state index is 11.6. The van der Waals surface area contributed by atoms with Crippen molar-refractivity contribution in [1.82, 2.24) is 4.98 Å². The fourth-order valence-corrected chi connectivity index (χ4v) is 2.60. The third-order valence-electron chi connectivity index (χ3n) is 2.65. The van der Waals surface area contributed by atoms with E-state index in [0.29, 0.717) is 10.6 Å². The molecule has 0 aliphatic carbocycles. The van der Waals surface area contributed by atoms with Gasteiger partial charge in [-0.25, -0.2) is 9.78 Å². The molecule has 0 saturated heterocycles. The number of Topliss-reactive ketones (excluding diaryl/α,β-unsaturated/α-hetero) is 1. The fraction of sp³-hybridized carbons (Fsp3) is 0.154. The van der Waals surface area contributed by atoms with Gasteiger partial charge in [0.15, 0.2) is 11.5 Å². The van der Waals surface area contributed by atoms with Crippen LogP contribution < -0.4 is 0 Å². The number of nitrogens with zero attached hydrogens (tertiary/aromatic N) is 2. The molecule has 0 N–H and O–H groups in total. The summed E-state index contributed by atoms with van der Waals surface area (Å²) in [6.07, 6.45) is 0. The predicted octanol–water partition coefficient (Wildman–Crippen LogP) is 2.71. The number of hydrogen-bond donors (Lipinski definition) is 0. The number of carbonyl (C=O) groups is 2. The zero-order chi connectivity index (χ0) is 15.6. The monoisotopic (exact) mass is 306 g/mol. The number of nitro benzene ring substituents is 1. The summed E-state index contributed by atoms with van der Waals surface area (Å²) in [5.74, 6) is -0.981. The van der Waals surface area contributed by atoms with Gasteiger partial charge in [0.2, 0.25) is 0 Å². The highest BCUT2D eigenvalue weighted by molar-refractivity contribution is 7.17. The van der Waals surface area contributed by atoms with Crippen LogP contribution in [0.2, 0.25) is 0 Å². The molecule has 0 bridgehead atoms. The lowest BCUT2D eigenvalue weighted by molar-refractivity contribution is -0.384. The second-order valence-electron chi connectivity index (χ2n) is 4.05. The van der Waals surface area contributed by atoms with Crippen molar-refractivity contribution in [3.8, 4) is 10.6 Å². The van der Waals surface area contributed by atoms with E-state index in [1.165, 1.54) is 38.3 Å². The molecular formula is C13H10N2O5S. The lowest BCUT2D eigenvalue weighted by atomic mass is 10.2. The Morgan fingerprint density at radius 2 is 1.90 bits per heavy atom. The van der Waals surface area contributed by atoms with Crippen LogP contribution in [0.5, 0.6) is 0 Å². The number of methoxy groups -OCH3 is 1. The van der Waals surface area contributed by atoms with Crippen LogP contribution in [0.4, 0.5) is 5.69 Å². The molecule has 0 spiro atoms. The summed E-state index contributed by atoms with van der Waals surface area (Å²) in [7, 11) is 1.21. The Bertz CT molecular complexity index is 721. The van der Waals surface area contributed by atoms with Crippen LogP contribution in [-0.4, -0.2) is 28.8 Å². The van der Waals surface area contributed by atoms with E-state index >= 15 is 0 Å². The molecule has 7 nitrogen and oxygen atoms in total. The summed E-state index contributed by atoms with van der Waals surface area (Å²) in [6.45, 7) is 1.33. The van der Waals surface area contributed by atoms with E-state index in [2.05, 4.69) is 9.72 Å². The Morgan fingerprint density at radius 1 is 1.29 bits per heavy atom. The number of aromatic nitrogens is 1. The van der Waals surface area contributed by atoms with Gasteiger partial charge in [-0.05, 0) is 12.1 Å². The summed E-state index contributed by atoms with van der Waals surface area (Å²) in [4.78, 5) is 37.6. The highest BCUT2D eigenvalue weighted by atomic mass is 32.1. The van der Waals surface area contributed by atoms with Crippen molar-refractivity contribution in [1.29, 1.82) is 0 Å². The fourth-order valence-electron chi connectivity index (χ4n) is 1.64. The summed E-state index contributed by atoms with van der Waals surface area (Å²) in [6, 6.07) is 5.70. The number of esters is 1. The lowest BCUT2D eigenvalue weighted by Gasteiger charge is -1.96. The molecule has 0 aliphatic heterocycles. The van der Waals surface area contributed by atoms with Crippen LogP contribution in [0.25, 0.3) is 10.6 Å². The van der Waals surface area contributed by atoms with Gasteiger partial charge in [-0.2, -0.15) is 0 Å². The van der Waals surface area contributed by atoms with E-state index in [9.17, 15) is 19.7 Å². The van der Waals surface area contributed by atoms with E-state index in [1.54, 1.807) is 0 Å². The van der Waals surface area contributed by atoms with E-state index in [-0.39, 0.29) is 22.0 Å².